The highest BCUT2D eigenvalue weighted by Crippen LogP contribution is 2.06. The van der Waals surface area contributed by atoms with E-state index in [1.165, 1.54) is 11.1 Å². The standard InChI is InChI=1S/C14H19N3.ClH/c1-3-17-11-14(12(2)16-17)10-15-9-13-7-5-4-6-8-13;/h4-8,11,15H,3,9-10H2,1-2H3;1H. The maximum absolute atomic E-state index is 4.43. The van der Waals surface area contributed by atoms with Gasteiger partial charge in [-0.1, -0.05) is 30.3 Å². The molecule has 1 aromatic carbocycles. The topological polar surface area (TPSA) is 29.9 Å². The van der Waals surface area contributed by atoms with Crippen LogP contribution in [0.4, 0.5) is 0 Å². The van der Waals surface area contributed by atoms with Crippen molar-refractivity contribution in [1.82, 2.24) is 15.1 Å². The highest BCUT2D eigenvalue weighted by Gasteiger charge is 2.03. The van der Waals surface area contributed by atoms with E-state index in [2.05, 4.69) is 54.7 Å². The lowest BCUT2D eigenvalue weighted by atomic mass is 10.2. The lowest BCUT2D eigenvalue weighted by molar-refractivity contribution is 0.651. The largest absolute Gasteiger partial charge is 0.308 e. The van der Waals surface area contributed by atoms with Crippen LogP contribution in [0.3, 0.4) is 0 Å². The predicted octanol–water partition coefficient (Wildman–Crippen LogP) is 2.92. The molecule has 0 saturated carbocycles. The number of aryl methyl sites for hydroxylation is 2. The van der Waals surface area contributed by atoms with Gasteiger partial charge < -0.3 is 5.32 Å². The van der Waals surface area contributed by atoms with Gasteiger partial charge in [-0.05, 0) is 19.4 Å². The molecule has 1 aromatic heterocycles. The molecule has 2 aromatic rings. The van der Waals surface area contributed by atoms with Crippen LogP contribution in [0.25, 0.3) is 0 Å². The van der Waals surface area contributed by atoms with E-state index in [0.29, 0.717) is 0 Å². The van der Waals surface area contributed by atoms with Gasteiger partial charge in [-0.2, -0.15) is 5.10 Å². The Labute approximate surface area is 115 Å². The van der Waals surface area contributed by atoms with Crippen LogP contribution in [-0.4, -0.2) is 9.78 Å². The zero-order valence-electron chi connectivity index (χ0n) is 10.9. The van der Waals surface area contributed by atoms with Crippen molar-refractivity contribution in [2.24, 2.45) is 0 Å². The van der Waals surface area contributed by atoms with E-state index in [-0.39, 0.29) is 12.4 Å². The Morgan fingerprint density at radius 3 is 2.50 bits per heavy atom. The van der Waals surface area contributed by atoms with Gasteiger partial charge in [0.2, 0.25) is 0 Å². The summed E-state index contributed by atoms with van der Waals surface area (Å²) in [5, 5.41) is 7.87. The zero-order chi connectivity index (χ0) is 12.1. The van der Waals surface area contributed by atoms with Crippen molar-refractivity contribution in [2.45, 2.75) is 33.5 Å². The minimum Gasteiger partial charge on any atom is -0.308 e. The second-order valence-electron chi connectivity index (χ2n) is 4.18. The quantitative estimate of drug-likeness (QED) is 0.901. The first-order valence-electron chi connectivity index (χ1n) is 6.07. The van der Waals surface area contributed by atoms with E-state index >= 15 is 0 Å². The van der Waals surface area contributed by atoms with Crippen molar-refractivity contribution in [3.05, 3.63) is 53.3 Å². The zero-order valence-corrected chi connectivity index (χ0v) is 11.7. The van der Waals surface area contributed by atoms with E-state index in [1.54, 1.807) is 0 Å². The summed E-state index contributed by atoms with van der Waals surface area (Å²) >= 11 is 0. The van der Waals surface area contributed by atoms with E-state index in [1.807, 2.05) is 10.7 Å². The Morgan fingerprint density at radius 1 is 1.17 bits per heavy atom. The highest BCUT2D eigenvalue weighted by atomic mass is 35.5. The van der Waals surface area contributed by atoms with Gasteiger partial charge in [0, 0.05) is 31.4 Å². The second-order valence-corrected chi connectivity index (χ2v) is 4.18. The van der Waals surface area contributed by atoms with Gasteiger partial charge in [-0.25, -0.2) is 0 Å². The van der Waals surface area contributed by atoms with E-state index in [4.69, 9.17) is 0 Å². The first kappa shape index (κ1) is 14.7. The summed E-state index contributed by atoms with van der Waals surface area (Å²) < 4.78 is 1.98. The number of nitrogens with one attached hydrogen (secondary N) is 1. The second kappa shape index (κ2) is 7.19. The van der Waals surface area contributed by atoms with Crippen LogP contribution >= 0.6 is 12.4 Å². The number of halogens is 1. The Balaban J connectivity index is 0.00000162. The molecule has 0 amide bonds. The normalized spacial score (nSPS) is 10.1. The van der Waals surface area contributed by atoms with Crippen LogP contribution in [0, 0.1) is 6.92 Å². The number of hydrogen-bond acceptors (Lipinski definition) is 2. The predicted molar refractivity (Wildman–Crippen MR) is 76.9 cm³/mol. The van der Waals surface area contributed by atoms with Crippen LogP contribution in [0.2, 0.25) is 0 Å². The van der Waals surface area contributed by atoms with Crippen LogP contribution < -0.4 is 5.32 Å². The fourth-order valence-electron chi connectivity index (χ4n) is 1.83. The number of rotatable bonds is 5. The Hall–Kier alpha value is -1.32. The average Bonchev–Trinajstić information content (AvgIpc) is 2.72. The lowest BCUT2D eigenvalue weighted by Gasteiger charge is -2.03. The first-order chi connectivity index (χ1) is 8.29. The highest BCUT2D eigenvalue weighted by molar-refractivity contribution is 5.85. The Kier molecular flexibility index (Phi) is 5.89. The molecule has 0 aliphatic rings. The molecule has 2 rings (SSSR count). The smallest absolute Gasteiger partial charge is 0.0638 e. The number of hydrogen-bond donors (Lipinski definition) is 1. The summed E-state index contributed by atoms with van der Waals surface area (Å²) in [6, 6.07) is 10.4. The summed E-state index contributed by atoms with van der Waals surface area (Å²) in [6.45, 7) is 6.87. The van der Waals surface area contributed by atoms with Gasteiger partial charge in [0.25, 0.3) is 0 Å². The number of benzene rings is 1. The molecule has 1 heterocycles. The van der Waals surface area contributed by atoms with Crippen LogP contribution in [0.1, 0.15) is 23.7 Å². The van der Waals surface area contributed by atoms with Gasteiger partial charge in [0.05, 0.1) is 5.69 Å². The number of aromatic nitrogens is 2. The average molecular weight is 266 g/mol. The SMILES string of the molecule is CCn1cc(CNCc2ccccc2)c(C)n1.Cl. The third-order valence-electron chi connectivity index (χ3n) is 2.86. The van der Waals surface area contributed by atoms with Crippen molar-refractivity contribution in [1.29, 1.82) is 0 Å². The van der Waals surface area contributed by atoms with Crippen LogP contribution in [0.15, 0.2) is 36.5 Å². The lowest BCUT2D eigenvalue weighted by Crippen LogP contribution is -2.12. The summed E-state index contributed by atoms with van der Waals surface area (Å²) in [6.07, 6.45) is 2.12. The van der Waals surface area contributed by atoms with E-state index in [9.17, 15) is 0 Å². The molecule has 1 N–H and O–H groups in total. The van der Waals surface area contributed by atoms with Crippen molar-refractivity contribution < 1.29 is 0 Å². The molecule has 0 atom stereocenters. The van der Waals surface area contributed by atoms with E-state index < -0.39 is 0 Å². The molecular formula is C14H20ClN3. The minimum absolute atomic E-state index is 0. The fourth-order valence-corrected chi connectivity index (χ4v) is 1.83. The molecule has 4 heteroatoms. The maximum atomic E-state index is 4.43. The van der Waals surface area contributed by atoms with Crippen molar-refractivity contribution >= 4 is 12.4 Å². The molecule has 0 saturated heterocycles. The Morgan fingerprint density at radius 2 is 1.89 bits per heavy atom. The summed E-state index contributed by atoms with van der Waals surface area (Å²) in [5.74, 6) is 0. The summed E-state index contributed by atoms with van der Waals surface area (Å²) in [5.41, 5.74) is 3.71. The molecule has 98 valence electrons. The molecule has 0 aliphatic carbocycles. The van der Waals surface area contributed by atoms with Gasteiger partial charge >= 0.3 is 0 Å². The molecule has 0 spiro atoms. The van der Waals surface area contributed by atoms with Crippen molar-refractivity contribution in [3.63, 3.8) is 0 Å². The molecule has 0 bridgehead atoms. The first-order valence-corrected chi connectivity index (χ1v) is 6.07. The van der Waals surface area contributed by atoms with E-state index in [0.717, 1.165) is 25.3 Å². The molecule has 0 unspecified atom stereocenters. The van der Waals surface area contributed by atoms with Gasteiger partial charge in [-0.15, -0.1) is 12.4 Å². The summed E-state index contributed by atoms with van der Waals surface area (Å²) in [4.78, 5) is 0. The summed E-state index contributed by atoms with van der Waals surface area (Å²) in [7, 11) is 0. The molecule has 0 aliphatic heterocycles. The van der Waals surface area contributed by atoms with Gasteiger partial charge in [-0.3, -0.25) is 4.68 Å². The molecule has 18 heavy (non-hydrogen) atoms. The fraction of sp³-hybridized carbons (Fsp3) is 0.357. The molecule has 0 fully saturated rings. The Bertz CT molecular complexity index is 465. The van der Waals surface area contributed by atoms with Gasteiger partial charge in [0.15, 0.2) is 0 Å². The third-order valence-corrected chi connectivity index (χ3v) is 2.86. The number of nitrogens with zero attached hydrogens (tertiary/aromatic N) is 2. The van der Waals surface area contributed by atoms with Gasteiger partial charge in [0.1, 0.15) is 0 Å². The van der Waals surface area contributed by atoms with Crippen LogP contribution in [0.5, 0.6) is 0 Å². The maximum Gasteiger partial charge on any atom is 0.0638 e. The van der Waals surface area contributed by atoms with Crippen molar-refractivity contribution in [3.8, 4) is 0 Å². The molecule has 0 radical (unpaired) electrons. The minimum atomic E-state index is 0. The van der Waals surface area contributed by atoms with Crippen molar-refractivity contribution in [2.75, 3.05) is 0 Å². The monoisotopic (exact) mass is 265 g/mol. The molecule has 3 nitrogen and oxygen atoms in total. The third kappa shape index (κ3) is 3.86. The molecular weight excluding hydrogens is 246 g/mol. The van der Waals surface area contributed by atoms with Crippen LogP contribution in [-0.2, 0) is 19.6 Å².